The highest BCUT2D eigenvalue weighted by Crippen LogP contribution is 2.37. The highest BCUT2D eigenvalue weighted by molar-refractivity contribution is 7.99. The molecule has 1 saturated heterocycles. The van der Waals surface area contributed by atoms with Crippen molar-refractivity contribution < 1.29 is 18.7 Å². The van der Waals surface area contributed by atoms with Crippen LogP contribution in [-0.2, 0) is 11.2 Å². The molecular formula is C23H17FN6O3S2. The van der Waals surface area contributed by atoms with E-state index in [1.165, 1.54) is 35.2 Å². The molecule has 0 aliphatic carbocycles. The average Bonchev–Trinajstić information content (AvgIpc) is 3.39. The van der Waals surface area contributed by atoms with Crippen LogP contribution >= 0.6 is 23.1 Å². The lowest BCUT2D eigenvalue weighted by molar-refractivity contribution is -0.0490. The summed E-state index contributed by atoms with van der Waals surface area (Å²) in [5.41, 5.74) is 8.97. The fraction of sp³-hybridized carbons (Fsp3) is 0.174. The van der Waals surface area contributed by atoms with Gasteiger partial charge in [0.2, 0.25) is 5.16 Å². The number of benzene rings is 2. The molecular weight excluding hydrogens is 491 g/mol. The molecule has 0 bridgehead atoms. The smallest absolute Gasteiger partial charge is 0.381 e. The second-order valence-electron chi connectivity index (χ2n) is 7.90. The van der Waals surface area contributed by atoms with Crippen LogP contribution in [0.25, 0.3) is 27.1 Å². The van der Waals surface area contributed by atoms with Crippen molar-refractivity contribution in [3.63, 3.8) is 0 Å². The number of amides is 1. The molecule has 4 heterocycles. The van der Waals surface area contributed by atoms with E-state index in [4.69, 9.17) is 15.2 Å². The first kappa shape index (κ1) is 21.9. The molecule has 1 atom stereocenters. The third kappa shape index (κ3) is 4.43. The Balaban J connectivity index is 1.37. The van der Waals surface area contributed by atoms with Gasteiger partial charge in [-0.1, -0.05) is 11.3 Å². The van der Waals surface area contributed by atoms with E-state index >= 15 is 0 Å². The Morgan fingerprint density at radius 1 is 1.23 bits per heavy atom. The molecule has 9 nitrogen and oxygen atoms in total. The molecule has 0 saturated carbocycles. The Morgan fingerprint density at radius 3 is 2.80 bits per heavy atom. The third-order valence-corrected chi connectivity index (χ3v) is 7.33. The minimum absolute atomic E-state index is 0.134. The SMILES string of the molecule is NC(=O)Oc1nc2c(CC3CCO3)cc(Sc3nnc4ccc(-c5ccc(F)cc5)nn34)cc2s1. The number of aromatic nitrogens is 5. The maximum atomic E-state index is 13.3. The summed E-state index contributed by atoms with van der Waals surface area (Å²) in [6.45, 7) is 0.753. The van der Waals surface area contributed by atoms with E-state index in [2.05, 4.69) is 20.3 Å². The number of halogens is 1. The van der Waals surface area contributed by atoms with Crippen molar-refractivity contribution in [3.8, 4) is 16.5 Å². The van der Waals surface area contributed by atoms with E-state index in [-0.39, 0.29) is 17.1 Å². The summed E-state index contributed by atoms with van der Waals surface area (Å²) in [7, 11) is 0. The van der Waals surface area contributed by atoms with Crippen LogP contribution in [0.15, 0.2) is 58.6 Å². The second kappa shape index (κ2) is 8.87. The van der Waals surface area contributed by atoms with Crippen LogP contribution < -0.4 is 10.5 Å². The monoisotopic (exact) mass is 508 g/mol. The molecule has 1 fully saturated rings. The number of rotatable bonds is 6. The fourth-order valence-electron chi connectivity index (χ4n) is 3.80. The van der Waals surface area contributed by atoms with Crippen molar-refractivity contribution >= 4 is 45.1 Å². The summed E-state index contributed by atoms with van der Waals surface area (Å²) >= 11 is 2.65. The van der Waals surface area contributed by atoms with Gasteiger partial charge < -0.3 is 15.2 Å². The Hall–Kier alpha value is -3.61. The number of thiazole rings is 1. The number of carbonyl (C=O) groups is 1. The summed E-state index contributed by atoms with van der Waals surface area (Å²) in [5.74, 6) is -0.304. The van der Waals surface area contributed by atoms with Crippen molar-refractivity contribution in [1.29, 1.82) is 0 Å². The van der Waals surface area contributed by atoms with E-state index in [0.29, 0.717) is 22.9 Å². The van der Waals surface area contributed by atoms with Gasteiger partial charge in [-0.25, -0.2) is 14.2 Å². The molecule has 1 unspecified atom stereocenters. The topological polar surface area (TPSA) is 118 Å². The van der Waals surface area contributed by atoms with Gasteiger partial charge in [-0.15, -0.1) is 10.2 Å². The molecule has 35 heavy (non-hydrogen) atoms. The lowest BCUT2D eigenvalue weighted by Gasteiger charge is -2.26. The number of fused-ring (bicyclic) bond motifs is 2. The van der Waals surface area contributed by atoms with Crippen LogP contribution in [0.4, 0.5) is 9.18 Å². The van der Waals surface area contributed by atoms with Crippen molar-refractivity contribution in [2.24, 2.45) is 5.73 Å². The molecule has 6 rings (SSSR count). The molecule has 3 aromatic heterocycles. The van der Waals surface area contributed by atoms with E-state index in [1.54, 1.807) is 16.6 Å². The number of nitrogens with two attached hydrogens (primary N) is 1. The Kier molecular flexibility index (Phi) is 5.55. The molecule has 5 aromatic rings. The van der Waals surface area contributed by atoms with E-state index in [0.717, 1.165) is 39.3 Å². The van der Waals surface area contributed by atoms with Gasteiger partial charge in [0, 0.05) is 23.5 Å². The third-order valence-electron chi connectivity index (χ3n) is 5.54. The van der Waals surface area contributed by atoms with Crippen LogP contribution in [0.3, 0.4) is 0 Å². The molecule has 12 heteroatoms. The largest absolute Gasteiger partial charge is 0.411 e. The summed E-state index contributed by atoms with van der Waals surface area (Å²) in [4.78, 5) is 16.6. The van der Waals surface area contributed by atoms with Crippen LogP contribution in [0, 0.1) is 5.82 Å². The molecule has 0 spiro atoms. The predicted molar refractivity (Wildman–Crippen MR) is 128 cm³/mol. The number of ether oxygens (including phenoxy) is 2. The first-order valence-corrected chi connectivity index (χ1v) is 12.3. The summed E-state index contributed by atoms with van der Waals surface area (Å²) in [5, 5.41) is 14.0. The lowest BCUT2D eigenvalue weighted by Crippen LogP contribution is -2.28. The first-order chi connectivity index (χ1) is 17.0. The van der Waals surface area contributed by atoms with Crippen LogP contribution in [-0.4, -0.2) is 43.6 Å². The van der Waals surface area contributed by atoms with Crippen LogP contribution in [0.1, 0.15) is 12.0 Å². The van der Waals surface area contributed by atoms with Gasteiger partial charge in [-0.2, -0.15) is 9.61 Å². The van der Waals surface area contributed by atoms with Gasteiger partial charge in [0.15, 0.2) is 5.65 Å². The lowest BCUT2D eigenvalue weighted by atomic mass is 10.0. The van der Waals surface area contributed by atoms with Gasteiger partial charge in [0.25, 0.3) is 5.19 Å². The Bertz CT molecular complexity index is 1570. The van der Waals surface area contributed by atoms with E-state index in [9.17, 15) is 9.18 Å². The maximum absolute atomic E-state index is 13.3. The summed E-state index contributed by atoms with van der Waals surface area (Å²) in [6, 6.07) is 13.8. The van der Waals surface area contributed by atoms with E-state index < -0.39 is 6.09 Å². The van der Waals surface area contributed by atoms with Gasteiger partial charge >= 0.3 is 6.09 Å². The maximum Gasteiger partial charge on any atom is 0.411 e. The Labute approximate surface area is 206 Å². The van der Waals surface area contributed by atoms with Crippen molar-refractivity contribution in [2.75, 3.05) is 6.61 Å². The Morgan fingerprint density at radius 2 is 2.06 bits per heavy atom. The highest BCUT2D eigenvalue weighted by atomic mass is 32.2. The van der Waals surface area contributed by atoms with Crippen LogP contribution in [0.2, 0.25) is 0 Å². The van der Waals surface area contributed by atoms with Crippen molar-refractivity contribution in [1.82, 2.24) is 24.8 Å². The zero-order valence-corrected chi connectivity index (χ0v) is 19.7. The standard InChI is InChI=1S/C23H17FN6O3S2/c24-14-3-1-12(2-4-14)17-5-6-19-27-28-22(30(19)29-17)34-16-10-13(9-15-7-8-32-15)20-18(11-16)35-23(26-20)33-21(25)31/h1-6,10-11,15H,7-9H2,(H2,25,31). The average molecular weight is 509 g/mol. The fourth-order valence-corrected chi connectivity index (χ4v) is 5.67. The van der Waals surface area contributed by atoms with Gasteiger partial charge in [0.1, 0.15) is 5.82 Å². The quantitative estimate of drug-likeness (QED) is 0.357. The van der Waals surface area contributed by atoms with Gasteiger partial charge in [0.05, 0.1) is 22.0 Å². The molecule has 1 amide bonds. The molecule has 176 valence electrons. The van der Waals surface area contributed by atoms with Gasteiger partial charge in [-0.3, -0.25) is 0 Å². The van der Waals surface area contributed by atoms with Crippen molar-refractivity contribution in [2.45, 2.75) is 29.0 Å². The zero-order chi connectivity index (χ0) is 23.9. The minimum Gasteiger partial charge on any atom is -0.381 e. The highest BCUT2D eigenvalue weighted by Gasteiger charge is 2.22. The van der Waals surface area contributed by atoms with E-state index in [1.807, 2.05) is 24.3 Å². The molecule has 2 aromatic carbocycles. The molecule has 2 N–H and O–H groups in total. The first-order valence-electron chi connectivity index (χ1n) is 10.7. The summed E-state index contributed by atoms with van der Waals surface area (Å²) < 4.78 is 26.5. The number of hydrogen-bond acceptors (Lipinski definition) is 9. The molecule has 1 aliphatic rings. The molecule has 1 aliphatic heterocycles. The van der Waals surface area contributed by atoms with Crippen LogP contribution in [0.5, 0.6) is 5.19 Å². The number of hydrogen-bond donors (Lipinski definition) is 1. The second-order valence-corrected chi connectivity index (χ2v) is 9.93. The normalized spacial score (nSPS) is 15.4. The minimum atomic E-state index is -0.902. The predicted octanol–water partition coefficient (Wildman–Crippen LogP) is 4.48. The number of nitrogens with zero attached hydrogens (tertiary/aromatic N) is 5. The summed E-state index contributed by atoms with van der Waals surface area (Å²) in [6.07, 6.45) is 0.909. The zero-order valence-electron chi connectivity index (χ0n) is 18.1. The molecule has 0 radical (unpaired) electrons. The number of carbonyl (C=O) groups excluding carboxylic acids is 1. The van der Waals surface area contributed by atoms with Crippen molar-refractivity contribution in [3.05, 3.63) is 59.9 Å². The number of primary amides is 1. The van der Waals surface area contributed by atoms with Gasteiger partial charge in [-0.05, 0) is 72.3 Å².